The SMILES string of the molecule is CC(Oc1ccc(Br)cc1)C(=O)Nc1ccc(OCc2ccccc2)cc1. The van der Waals surface area contributed by atoms with Crippen molar-refractivity contribution in [3.8, 4) is 11.5 Å². The van der Waals surface area contributed by atoms with Gasteiger partial charge < -0.3 is 14.8 Å². The van der Waals surface area contributed by atoms with Crippen LogP contribution in [0.15, 0.2) is 83.3 Å². The molecule has 27 heavy (non-hydrogen) atoms. The second-order valence-electron chi connectivity index (χ2n) is 6.00. The Hall–Kier alpha value is -2.79. The Morgan fingerprint density at radius 1 is 0.926 bits per heavy atom. The number of hydrogen-bond donors (Lipinski definition) is 1. The van der Waals surface area contributed by atoms with Crippen molar-refractivity contribution >= 4 is 27.5 Å². The zero-order chi connectivity index (χ0) is 19.1. The molecule has 0 saturated heterocycles. The molecule has 1 amide bonds. The molecule has 3 rings (SSSR count). The third-order valence-electron chi connectivity index (χ3n) is 3.87. The van der Waals surface area contributed by atoms with E-state index in [0.717, 1.165) is 15.8 Å². The quantitative estimate of drug-likeness (QED) is 0.548. The lowest BCUT2D eigenvalue weighted by Crippen LogP contribution is -2.30. The lowest BCUT2D eigenvalue weighted by molar-refractivity contribution is -0.122. The lowest BCUT2D eigenvalue weighted by atomic mass is 10.2. The van der Waals surface area contributed by atoms with E-state index in [1.165, 1.54) is 0 Å². The van der Waals surface area contributed by atoms with Gasteiger partial charge in [-0.1, -0.05) is 46.3 Å². The molecule has 0 spiro atoms. The van der Waals surface area contributed by atoms with Gasteiger partial charge in [-0.2, -0.15) is 0 Å². The van der Waals surface area contributed by atoms with Gasteiger partial charge >= 0.3 is 0 Å². The molecule has 0 aliphatic heterocycles. The summed E-state index contributed by atoms with van der Waals surface area (Å²) in [5.41, 5.74) is 1.80. The van der Waals surface area contributed by atoms with Gasteiger partial charge in [-0.05, 0) is 61.0 Å². The minimum Gasteiger partial charge on any atom is -0.489 e. The highest BCUT2D eigenvalue weighted by molar-refractivity contribution is 9.10. The zero-order valence-electron chi connectivity index (χ0n) is 14.9. The fourth-order valence-electron chi connectivity index (χ4n) is 2.39. The number of benzene rings is 3. The number of hydrogen-bond acceptors (Lipinski definition) is 3. The zero-order valence-corrected chi connectivity index (χ0v) is 16.5. The van der Waals surface area contributed by atoms with Crippen LogP contribution in [0.1, 0.15) is 12.5 Å². The molecule has 1 atom stereocenters. The molecule has 0 heterocycles. The summed E-state index contributed by atoms with van der Waals surface area (Å²) in [5.74, 6) is 1.18. The monoisotopic (exact) mass is 425 g/mol. The van der Waals surface area contributed by atoms with Crippen molar-refractivity contribution in [2.75, 3.05) is 5.32 Å². The van der Waals surface area contributed by atoms with Gasteiger partial charge in [0.1, 0.15) is 18.1 Å². The van der Waals surface area contributed by atoms with Crippen molar-refractivity contribution < 1.29 is 14.3 Å². The summed E-state index contributed by atoms with van der Waals surface area (Å²) < 4.78 is 12.4. The maximum Gasteiger partial charge on any atom is 0.265 e. The predicted octanol–water partition coefficient (Wildman–Crippen LogP) is 5.43. The molecular weight excluding hydrogens is 406 g/mol. The Bertz CT molecular complexity index is 864. The van der Waals surface area contributed by atoms with Crippen molar-refractivity contribution in [3.63, 3.8) is 0 Å². The Kier molecular flexibility index (Phi) is 6.49. The van der Waals surface area contributed by atoms with Crippen LogP contribution in [0.3, 0.4) is 0 Å². The van der Waals surface area contributed by atoms with E-state index in [1.807, 2.05) is 78.9 Å². The van der Waals surface area contributed by atoms with E-state index in [4.69, 9.17) is 9.47 Å². The molecular formula is C22H20BrNO3. The summed E-state index contributed by atoms with van der Waals surface area (Å²) in [4.78, 5) is 12.3. The number of halogens is 1. The van der Waals surface area contributed by atoms with E-state index in [-0.39, 0.29) is 5.91 Å². The van der Waals surface area contributed by atoms with Gasteiger partial charge in [-0.3, -0.25) is 4.79 Å². The normalized spacial score (nSPS) is 11.5. The van der Waals surface area contributed by atoms with Gasteiger partial charge in [0.25, 0.3) is 5.91 Å². The number of carbonyl (C=O) groups excluding carboxylic acids is 1. The van der Waals surface area contributed by atoms with Crippen molar-refractivity contribution in [1.29, 1.82) is 0 Å². The Balaban J connectivity index is 1.51. The highest BCUT2D eigenvalue weighted by Gasteiger charge is 2.15. The number of amides is 1. The van der Waals surface area contributed by atoms with E-state index in [2.05, 4.69) is 21.2 Å². The van der Waals surface area contributed by atoms with Crippen LogP contribution in [-0.4, -0.2) is 12.0 Å². The molecule has 0 radical (unpaired) electrons. The Morgan fingerprint density at radius 3 is 2.22 bits per heavy atom. The maximum atomic E-state index is 12.3. The summed E-state index contributed by atoms with van der Waals surface area (Å²) in [6, 6.07) is 24.6. The molecule has 0 aromatic heterocycles. The third kappa shape index (κ3) is 5.86. The van der Waals surface area contributed by atoms with Crippen LogP contribution in [0.2, 0.25) is 0 Å². The van der Waals surface area contributed by atoms with E-state index in [9.17, 15) is 4.79 Å². The minimum absolute atomic E-state index is 0.212. The smallest absolute Gasteiger partial charge is 0.265 e. The first kappa shape index (κ1) is 19.0. The fraction of sp³-hybridized carbons (Fsp3) is 0.136. The van der Waals surface area contributed by atoms with Gasteiger partial charge in [-0.25, -0.2) is 0 Å². The molecule has 0 bridgehead atoms. The summed E-state index contributed by atoms with van der Waals surface area (Å²) in [6.45, 7) is 2.22. The molecule has 1 N–H and O–H groups in total. The standard InChI is InChI=1S/C22H20BrNO3/c1-16(27-21-11-7-18(23)8-12-21)22(25)24-19-9-13-20(14-10-19)26-15-17-5-3-2-4-6-17/h2-14,16H,15H2,1H3,(H,24,25). The second-order valence-corrected chi connectivity index (χ2v) is 6.92. The van der Waals surface area contributed by atoms with Crippen LogP contribution in [0.25, 0.3) is 0 Å². The maximum absolute atomic E-state index is 12.3. The second kappa shape index (κ2) is 9.24. The molecule has 4 nitrogen and oxygen atoms in total. The first-order chi connectivity index (χ1) is 13.1. The topological polar surface area (TPSA) is 47.6 Å². The average molecular weight is 426 g/mol. The van der Waals surface area contributed by atoms with Gasteiger partial charge in [0.15, 0.2) is 6.10 Å². The number of carbonyl (C=O) groups is 1. The van der Waals surface area contributed by atoms with Gasteiger partial charge in [0.05, 0.1) is 0 Å². The minimum atomic E-state index is -0.611. The molecule has 3 aromatic rings. The largest absolute Gasteiger partial charge is 0.489 e. The van der Waals surface area contributed by atoms with E-state index in [0.29, 0.717) is 18.0 Å². The summed E-state index contributed by atoms with van der Waals surface area (Å²) in [5, 5.41) is 2.85. The lowest BCUT2D eigenvalue weighted by Gasteiger charge is -2.15. The molecule has 138 valence electrons. The molecule has 1 unspecified atom stereocenters. The predicted molar refractivity (Wildman–Crippen MR) is 110 cm³/mol. The first-order valence-corrected chi connectivity index (χ1v) is 9.39. The van der Waals surface area contributed by atoms with Crippen molar-refractivity contribution in [3.05, 3.63) is 88.9 Å². The van der Waals surface area contributed by atoms with Crippen LogP contribution in [0, 0.1) is 0 Å². The van der Waals surface area contributed by atoms with E-state index in [1.54, 1.807) is 6.92 Å². The Labute approximate surface area is 167 Å². The van der Waals surface area contributed by atoms with Gasteiger partial charge in [0.2, 0.25) is 0 Å². The Morgan fingerprint density at radius 2 is 1.56 bits per heavy atom. The molecule has 0 aliphatic rings. The van der Waals surface area contributed by atoms with Crippen LogP contribution in [0.4, 0.5) is 5.69 Å². The summed E-state index contributed by atoms with van der Waals surface area (Å²) in [6.07, 6.45) is -0.611. The highest BCUT2D eigenvalue weighted by Crippen LogP contribution is 2.19. The average Bonchev–Trinajstić information content (AvgIpc) is 2.70. The first-order valence-electron chi connectivity index (χ1n) is 8.60. The molecule has 0 aliphatic carbocycles. The van der Waals surface area contributed by atoms with Crippen LogP contribution in [0.5, 0.6) is 11.5 Å². The molecule has 5 heteroatoms. The van der Waals surface area contributed by atoms with E-state index < -0.39 is 6.10 Å². The van der Waals surface area contributed by atoms with Gasteiger partial charge in [-0.15, -0.1) is 0 Å². The van der Waals surface area contributed by atoms with Crippen molar-refractivity contribution in [2.45, 2.75) is 19.6 Å². The highest BCUT2D eigenvalue weighted by atomic mass is 79.9. The van der Waals surface area contributed by atoms with Crippen molar-refractivity contribution in [2.24, 2.45) is 0 Å². The van der Waals surface area contributed by atoms with Crippen LogP contribution < -0.4 is 14.8 Å². The van der Waals surface area contributed by atoms with Crippen LogP contribution in [-0.2, 0) is 11.4 Å². The molecule has 0 saturated carbocycles. The van der Waals surface area contributed by atoms with Gasteiger partial charge in [0, 0.05) is 10.2 Å². The third-order valence-corrected chi connectivity index (χ3v) is 4.39. The fourth-order valence-corrected chi connectivity index (χ4v) is 2.65. The molecule has 0 fully saturated rings. The summed E-state index contributed by atoms with van der Waals surface area (Å²) in [7, 11) is 0. The van der Waals surface area contributed by atoms with Crippen molar-refractivity contribution in [1.82, 2.24) is 0 Å². The van der Waals surface area contributed by atoms with Crippen LogP contribution >= 0.6 is 15.9 Å². The number of rotatable bonds is 7. The summed E-state index contributed by atoms with van der Waals surface area (Å²) >= 11 is 3.37. The number of nitrogens with one attached hydrogen (secondary N) is 1. The van der Waals surface area contributed by atoms with E-state index >= 15 is 0 Å². The molecule has 3 aromatic carbocycles. The number of ether oxygens (including phenoxy) is 2. The number of anilines is 1.